The third kappa shape index (κ3) is 5.96. The Kier molecular flexibility index (Phi) is 5.94. The predicted octanol–water partition coefficient (Wildman–Crippen LogP) is 4.20. The lowest BCUT2D eigenvalue weighted by Gasteiger charge is -2.07. The van der Waals surface area contributed by atoms with Gasteiger partial charge in [-0.2, -0.15) is 0 Å². The molecule has 0 unspecified atom stereocenters. The summed E-state index contributed by atoms with van der Waals surface area (Å²) in [5.74, 6) is -0.163. The van der Waals surface area contributed by atoms with E-state index in [0.717, 1.165) is 10.0 Å². The Hall–Kier alpha value is -2.60. The van der Waals surface area contributed by atoms with Gasteiger partial charge >= 0.3 is 6.03 Å². The van der Waals surface area contributed by atoms with Gasteiger partial charge in [0.15, 0.2) is 0 Å². The van der Waals surface area contributed by atoms with Crippen LogP contribution in [0.4, 0.5) is 16.2 Å². The largest absolute Gasteiger partial charge is 0.326 e. The zero-order valence-electron chi connectivity index (χ0n) is 12.5. The molecule has 0 aliphatic carbocycles. The number of carbonyl (C=O) groups excluding carboxylic acids is 2. The molecule has 3 amide bonds. The van der Waals surface area contributed by atoms with Crippen molar-refractivity contribution in [2.45, 2.75) is 6.92 Å². The molecule has 0 aromatic heterocycles. The van der Waals surface area contributed by atoms with Crippen LogP contribution in [0, 0.1) is 0 Å². The molecule has 0 bridgehead atoms. The van der Waals surface area contributed by atoms with Crippen LogP contribution in [0.1, 0.15) is 12.5 Å². The van der Waals surface area contributed by atoms with Crippen LogP contribution >= 0.6 is 15.9 Å². The molecule has 6 heteroatoms. The Bertz CT molecular complexity index is 744. The van der Waals surface area contributed by atoms with Crippen LogP contribution in [0.2, 0.25) is 0 Å². The van der Waals surface area contributed by atoms with E-state index in [0.29, 0.717) is 11.4 Å². The van der Waals surface area contributed by atoms with E-state index in [2.05, 4.69) is 31.9 Å². The number of hydrogen-bond acceptors (Lipinski definition) is 2. The molecule has 0 aliphatic heterocycles. The molecular formula is C17H16BrN3O2. The van der Waals surface area contributed by atoms with E-state index in [-0.39, 0.29) is 11.9 Å². The summed E-state index contributed by atoms with van der Waals surface area (Å²) in [6.45, 7) is 1.43. The van der Waals surface area contributed by atoms with E-state index in [1.54, 1.807) is 36.5 Å². The second-order valence-corrected chi connectivity index (χ2v) is 5.66. The third-order valence-electron chi connectivity index (χ3n) is 2.78. The molecule has 3 N–H and O–H groups in total. The number of anilines is 2. The number of amides is 3. The fraction of sp³-hybridized carbons (Fsp3) is 0.0588. The number of carbonyl (C=O) groups is 2. The maximum Gasteiger partial charge on any atom is 0.323 e. The van der Waals surface area contributed by atoms with Crippen LogP contribution in [0.3, 0.4) is 0 Å². The highest BCUT2D eigenvalue weighted by molar-refractivity contribution is 9.10. The number of halogens is 1. The summed E-state index contributed by atoms with van der Waals surface area (Å²) in [6.07, 6.45) is 3.35. The molecule has 0 heterocycles. The van der Waals surface area contributed by atoms with E-state index in [1.165, 1.54) is 6.92 Å². The molecule has 0 radical (unpaired) electrons. The highest BCUT2D eigenvalue weighted by Gasteiger charge is 2.01. The minimum absolute atomic E-state index is 0.163. The van der Waals surface area contributed by atoms with Gasteiger partial charge in [0.2, 0.25) is 5.91 Å². The van der Waals surface area contributed by atoms with Crippen molar-refractivity contribution >= 4 is 45.3 Å². The fourth-order valence-electron chi connectivity index (χ4n) is 1.87. The van der Waals surface area contributed by atoms with E-state index in [1.807, 2.05) is 24.3 Å². The standard InChI is InChI=1S/C17H16BrN3O2/c1-12(22)20-15-6-3-7-16(11-15)21-17(23)19-9-8-13-4-2-5-14(18)10-13/h2-11H,1H3,(H,20,22)(H2,19,21,23)/b9-8+. The van der Waals surface area contributed by atoms with Crippen molar-refractivity contribution in [3.63, 3.8) is 0 Å². The Labute approximate surface area is 142 Å². The van der Waals surface area contributed by atoms with Crippen molar-refractivity contribution in [3.8, 4) is 0 Å². The van der Waals surface area contributed by atoms with E-state index in [9.17, 15) is 9.59 Å². The van der Waals surface area contributed by atoms with Gasteiger partial charge in [0, 0.05) is 29.0 Å². The molecule has 2 aromatic carbocycles. The van der Waals surface area contributed by atoms with E-state index >= 15 is 0 Å². The van der Waals surface area contributed by atoms with Gasteiger partial charge in [-0.15, -0.1) is 0 Å². The van der Waals surface area contributed by atoms with Crippen molar-refractivity contribution in [3.05, 3.63) is 64.8 Å². The Morgan fingerprint density at radius 1 is 1.00 bits per heavy atom. The topological polar surface area (TPSA) is 70.2 Å². The van der Waals surface area contributed by atoms with Gasteiger partial charge in [-0.05, 0) is 42.0 Å². The van der Waals surface area contributed by atoms with E-state index < -0.39 is 0 Å². The molecule has 23 heavy (non-hydrogen) atoms. The molecule has 0 fully saturated rings. The van der Waals surface area contributed by atoms with Gasteiger partial charge in [0.25, 0.3) is 0 Å². The number of rotatable bonds is 4. The summed E-state index contributed by atoms with van der Waals surface area (Å²) in [5, 5.41) is 7.98. The summed E-state index contributed by atoms with van der Waals surface area (Å²) >= 11 is 3.39. The van der Waals surface area contributed by atoms with Crippen LogP contribution in [0.5, 0.6) is 0 Å². The highest BCUT2D eigenvalue weighted by Crippen LogP contribution is 2.15. The molecule has 2 aromatic rings. The van der Waals surface area contributed by atoms with Gasteiger partial charge < -0.3 is 16.0 Å². The van der Waals surface area contributed by atoms with Crippen LogP contribution in [-0.4, -0.2) is 11.9 Å². The number of urea groups is 1. The molecule has 0 spiro atoms. The maximum absolute atomic E-state index is 11.8. The van der Waals surface area contributed by atoms with Crippen LogP contribution in [-0.2, 0) is 4.79 Å². The molecule has 5 nitrogen and oxygen atoms in total. The Morgan fingerprint density at radius 2 is 1.70 bits per heavy atom. The predicted molar refractivity (Wildman–Crippen MR) is 96.1 cm³/mol. The second kappa shape index (κ2) is 8.14. The van der Waals surface area contributed by atoms with Crippen molar-refractivity contribution in [1.29, 1.82) is 0 Å². The monoisotopic (exact) mass is 373 g/mol. The van der Waals surface area contributed by atoms with Gasteiger partial charge in [-0.3, -0.25) is 4.79 Å². The first-order chi connectivity index (χ1) is 11.0. The Morgan fingerprint density at radius 3 is 2.39 bits per heavy atom. The molecule has 0 aliphatic rings. The molecular weight excluding hydrogens is 358 g/mol. The summed E-state index contributed by atoms with van der Waals surface area (Å²) in [4.78, 5) is 22.9. The average molecular weight is 374 g/mol. The number of hydrogen-bond donors (Lipinski definition) is 3. The lowest BCUT2D eigenvalue weighted by Crippen LogP contribution is -2.23. The second-order valence-electron chi connectivity index (χ2n) is 4.75. The zero-order chi connectivity index (χ0) is 16.7. The van der Waals surface area contributed by atoms with E-state index in [4.69, 9.17) is 0 Å². The summed E-state index contributed by atoms with van der Waals surface area (Å²) < 4.78 is 0.971. The fourth-order valence-corrected chi connectivity index (χ4v) is 2.29. The van der Waals surface area contributed by atoms with Crippen molar-refractivity contribution in [2.24, 2.45) is 0 Å². The minimum atomic E-state index is -0.365. The van der Waals surface area contributed by atoms with Gasteiger partial charge in [-0.1, -0.05) is 34.1 Å². The smallest absolute Gasteiger partial charge is 0.323 e. The summed E-state index contributed by atoms with van der Waals surface area (Å²) in [6, 6.07) is 14.3. The third-order valence-corrected chi connectivity index (χ3v) is 3.27. The quantitative estimate of drug-likeness (QED) is 0.751. The molecule has 2 rings (SSSR count). The lowest BCUT2D eigenvalue weighted by molar-refractivity contribution is -0.114. The molecule has 118 valence electrons. The first kappa shape index (κ1) is 16.8. The van der Waals surface area contributed by atoms with Crippen LogP contribution in [0.15, 0.2) is 59.2 Å². The van der Waals surface area contributed by atoms with Crippen molar-refractivity contribution < 1.29 is 9.59 Å². The molecule has 0 saturated carbocycles. The minimum Gasteiger partial charge on any atom is -0.326 e. The lowest BCUT2D eigenvalue weighted by atomic mass is 10.2. The van der Waals surface area contributed by atoms with Gasteiger partial charge in [-0.25, -0.2) is 4.79 Å². The van der Waals surface area contributed by atoms with Crippen LogP contribution < -0.4 is 16.0 Å². The number of nitrogens with one attached hydrogen (secondary N) is 3. The van der Waals surface area contributed by atoms with Crippen LogP contribution in [0.25, 0.3) is 6.08 Å². The summed E-state index contributed by atoms with van der Waals surface area (Å²) in [7, 11) is 0. The van der Waals surface area contributed by atoms with Gasteiger partial charge in [0.1, 0.15) is 0 Å². The SMILES string of the molecule is CC(=O)Nc1cccc(NC(=O)N/C=C/c2cccc(Br)c2)c1. The highest BCUT2D eigenvalue weighted by atomic mass is 79.9. The molecule has 0 atom stereocenters. The summed E-state index contributed by atoms with van der Waals surface area (Å²) in [5.41, 5.74) is 2.18. The molecule has 0 saturated heterocycles. The van der Waals surface area contributed by atoms with Crippen molar-refractivity contribution in [2.75, 3.05) is 10.6 Å². The maximum atomic E-state index is 11.8. The zero-order valence-corrected chi connectivity index (χ0v) is 14.1. The first-order valence-electron chi connectivity index (χ1n) is 6.90. The average Bonchev–Trinajstić information content (AvgIpc) is 2.47. The number of benzene rings is 2. The van der Waals surface area contributed by atoms with Crippen molar-refractivity contribution in [1.82, 2.24) is 5.32 Å². The first-order valence-corrected chi connectivity index (χ1v) is 7.69. The Balaban J connectivity index is 1.91. The van der Waals surface area contributed by atoms with Gasteiger partial charge in [0.05, 0.1) is 0 Å². The normalized spacial score (nSPS) is 10.3.